The number of rotatable bonds is 7. The third kappa shape index (κ3) is 4.23. The highest BCUT2D eigenvalue weighted by atomic mass is 16.5. The molecule has 0 spiro atoms. The first-order valence-electron chi connectivity index (χ1n) is 6.74. The van der Waals surface area contributed by atoms with E-state index in [-0.39, 0.29) is 19.6 Å². The van der Waals surface area contributed by atoms with Gasteiger partial charge in [0.15, 0.2) is 0 Å². The van der Waals surface area contributed by atoms with E-state index in [1.54, 1.807) is 6.07 Å². The van der Waals surface area contributed by atoms with E-state index >= 15 is 0 Å². The lowest BCUT2D eigenvalue weighted by Crippen LogP contribution is -2.05. The van der Waals surface area contributed by atoms with Gasteiger partial charge in [-0.15, -0.1) is 0 Å². The molecule has 1 N–H and O–H groups in total. The van der Waals surface area contributed by atoms with Crippen molar-refractivity contribution in [3.8, 4) is 17.6 Å². The van der Waals surface area contributed by atoms with Gasteiger partial charge >= 0.3 is 0 Å². The van der Waals surface area contributed by atoms with Gasteiger partial charge in [-0.3, -0.25) is 0 Å². The van der Waals surface area contributed by atoms with Crippen LogP contribution in [0.4, 0.5) is 0 Å². The SMILES string of the molecule is N#CCc1c(OCCO)cccc1OCc1ccccc1. The van der Waals surface area contributed by atoms with E-state index in [0.717, 1.165) is 5.56 Å². The van der Waals surface area contributed by atoms with Gasteiger partial charge in [0.05, 0.1) is 24.7 Å². The Morgan fingerprint density at radius 3 is 2.33 bits per heavy atom. The van der Waals surface area contributed by atoms with Gasteiger partial charge in [0.1, 0.15) is 24.7 Å². The average molecular weight is 283 g/mol. The molecule has 0 radical (unpaired) electrons. The summed E-state index contributed by atoms with van der Waals surface area (Å²) in [7, 11) is 0. The van der Waals surface area contributed by atoms with E-state index in [2.05, 4.69) is 6.07 Å². The summed E-state index contributed by atoms with van der Waals surface area (Å²) < 4.78 is 11.3. The van der Waals surface area contributed by atoms with E-state index < -0.39 is 0 Å². The van der Waals surface area contributed by atoms with Crippen molar-refractivity contribution in [3.63, 3.8) is 0 Å². The fraction of sp³-hybridized carbons (Fsp3) is 0.235. The van der Waals surface area contributed by atoms with Crippen LogP contribution in [0.1, 0.15) is 11.1 Å². The highest BCUT2D eigenvalue weighted by Gasteiger charge is 2.11. The van der Waals surface area contributed by atoms with Gasteiger partial charge in [0.2, 0.25) is 0 Å². The van der Waals surface area contributed by atoms with Crippen molar-refractivity contribution in [1.29, 1.82) is 5.26 Å². The Morgan fingerprint density at radius 2 is 1.67 bits per heavy atom. The van der Waals surface area contributed by atoms with E-state index in [4.69, 9.17) is 19.8 Å². The minimum absolute atomic E-state index is 0.0684. The van der Waals surface area contributed by atoms with Crippen molar-refractivity contribution in [2.45, 2.75) is 13.0 Å². The monoisotopic (exact) mass is 283 g/mol. The van der Waals surface area contributed by atoms with Gasteiger partial charge < -0.3 is 14.6 Å². The average Bonchev–Trinajstić information content (AvgIpc) is 2.53. The topological polar surface area (TPSA) is 62.5 Å². The lowest BCUT2D eigenvalue weighted by Gasteiger charge is -2.14. The van der Waals surface area contributed by atoms with Gasteiger partial charge in [0.25, 0.3) is 0 Å². The first-order valence-corrected chi connectivity index (χ1v) is 6.74. The Morgan fingerprint density at radius 1 is 0.952 bits per heavy atom. The summed E-state index contributed by atoms with van der Waals surface area (Å²) >= 11 is 0. The van der Waals surface area contributed by atoms with Gasteiger partial charge in [-0.2, -0.15) is 5.26 Å². The van der Waals surface area contributed by atoms with Crippen LogP contribution in [0.25, 0.3) is 0 Å². The van der Waals surface area contributed by atoms with E-state index in [1.807, 2.05) is 42.5 Å². The largest absolute Gasteiger partial charge is 0.491 e. The molecule has 2 rings (SSSR count). The van der Waals surface area contributed by atoms with Gasteiger partial charge in [-0.1, -0.05) is 36.4 Å². The Hall–Kier alpha value is -2.51. The summed E-state index contributed by atoms with van der Waals surface area (Å²) in [5, 5.41) is 17.8. The lowest BCUT2D eigenvalue weighted by atomic mass is 10.1. The Balaban J connectivity index is 2.15. The molecule has 0 aliphatic heterocycles. The summed E-state index contributed by atoms with van der Waals surface area (Å²) in [5.41, 5.74) is 1.77. The number of hydrogen-bond acceptors (Lipinski definition) is 4. The zero-order valence-electron chi connectivity index (χ0n) is 11.7. The van der Waals surface area contributed by atoms with Crippen molar-refractivity contribution < 1.29 is 14.6 Å². The first kappa shape index (κ1) is 14.9. The van der Waals surface area contributed by atoms with Crippen LogP contribution in [0.3, 0.4) is 0 Å². The molecule has 108 valence electrons. The Labute approximate surface area is 124 Å². The predicted octanol–water partition coefficient (Wildman–Crippen LogP) is 2.70. The minimum atomic E-state index is -0.0684. The molecule has 0 atom stereocenters. The molecule has 21 heavy (non-hydrogen) atoms. The fourth-order valence-corrected chi connectivity index (χ4v) is 1.96. The zero-order valence-corrected chi connectivity index (χ0v) is 11.7. The van der Waals surface area contributed by atoms with Crippen LogP contribution in [-0.4, -0.2) is 18.3 Å². The number of aliphatic hydroxyl groups excluding tert-OH is 1. The highest BCUT2D eigenvalue weighted by molar-refractivity contribution is 5.46. The van der Waals surface area contributed by atoms with Crippen LogP contribution < -0.4 is 9.47 Å². The van der Waals surface area contributed by atoms with E-state index in [1.165, 1.54) is 0 Å². The van der Waals surface area contributed by atoms with Crippen molar-refractivity contribution in [2.75, 3.05) is 13.2 Å². The second-order valence-corrected chi connectivity index (χ2v) is 4.41. The molecule has 0 aliphatic rings. The number of ether oxygens (including phenoxy) is 2. The smallest absolute Gasteiger partial charge is 0.127 e. The third-order valence-electron chi connectivity index (χ3n) is 2.93. The Kier molecular flexibility index (Phi) is 5.62. The maximum atomic E-state index is 8.97. The minimum Gasteiger partial charge on any atom is -0.491 e. The molecule has 0 fully saturated rings. The number of aliphatic hydroxyl groups is 1. The molecular formula is C17H17NO3. The van der Waals surface area contributed by atoms with Gasteiger partial charge in [0, 0.05) is 0 Å². The molecule has 0 heterocycles. The van der Waals surface area contributed by atoms with Gasteiger partial charge in [-0.25, -0.2) is 0 Å². The number of nitriles is 1. The van der Waals surface area contributed by atoms with Crippen LogP contribution >= 0.6 is 0 Å². The molecule has 0 amide bonds. The number of nitrogens with zero attached hydrogens (tertiary/aromatic N) is 1. The molecule has 0 unspecified atom stereocenters. The van der Waals surface area contributed by atoms with Crippen LogP contribution in [0.5, 0.6) is 11.5 Å². The summed E-state index contributed by atoms with van der Waals surface area (Å²) in [6, 6.07) is 17.4. The fourth-order valence-electron chi connectivity index (χ4n) is 1.96. The van der Waals surface area contributed by atoms with Gasteiger partial charge in [-0.05, 0) is 17.7 Å². The van der Waals surface area contributed by atoms with Crippen LogP contribution in [0, 0.1) is 11.3 Å². The van der Waals surface area contributed by atoms with Crippen LogP contribution in [0.15, 0.2) is 48.5 Å². The Bertz CT molecular complexity index is 605. The molecule has 4 nitrogen and oxygen atoms in total. The summed E-state index contributed by atoms with van der Waals surface area (Å²) in [4.78, 5) is 0. The molecule has 0 saturated carbocycles. The predicted molar refractivity (Wildman–Crippen MR) is 79.1 cm³/mol. The molecule has 2 aromatic carbocycles. The van der Waals surface area contributed by atoms with E-state index in [0.29, 0.717) is 23.7 Å². The molecule has 0 aromatic heterocycles. The maximum Gasteiger partial charge on any atom is 0.127 e. The lowest BCUT2D eigenvalue weighted by molar-refractivity contribution is 0.199. The van der Waals surface area contributed by atoms with Crippen LogP contribution in [-0.2, 0) is 13.0 Å². The number of benzene rings is 2. The normalized spacial score (nSPS) is 9.90. The highest BCUT2D eigenvalue weighted by Crippen LogP contribution is 2.29. The first-order chi connectivity index (χ1) is 10.3. The summed E-state index contributed by atoms with van der Waals surface area (Å²) in [6.07, 6.45) is 0.200. The van der Waals surface area contributed by atoms with Crippen molar-refractivity contribution >= 4 is 0 Å². The zero-order chi connectivity index (χ0) is 14.9. The number of hydrogen-bond donors (Lipinski definition) is 1. The molecular weight excluding hydrogens is 266 g/mol. The second-order valence-electron chi connectivity index (χ2n) is 4.41. The molecule has 0 aliphatic carbocycles. The van der Waals surface area contributed by atoms with Crippen molar-refractivity contribution in [2.24, 2.45) is 0 Å². The quantitative estimate of drug-likeness (QED) is 0.848. The molecule has 4 heteroatoms. The molecule has 0 saturated heterocycles. The molecule has 2 aromatic rings. The second kappa shape index (κ2) is 7.93. The maximum absolute atomic E-state index is 8.97. The standard InChI is InChI=1S/C17H17NO3/c18-10-9-15-16(20-12-11-19)7-4-8-17(15)21-13-14-5-2-1-3-6-14/h1-8,19H,9,11-13H2. The van der Waals surface area contributed by atoms with Crippen molar-refractivity contribution in [3.05, 3.63) is 59.7 Å². The third-order valence-corrected chi connectivity index (χ3v) is 2.93. The molecule has 0 bridgehead atoms. The summed E-state index contributed by atoms with van der Waals surface area (Å²) in [6.45, 7) is 0.560. The summed E-state index contributed by atoms with van der Waals surface area (Å²) in [5.74, 6) is 1.21. The van der Waals surface area contributed by atoms with Crippen LogP contribution in [0.2, 0.25) is 0 Å². The van der Waals surface area contributed by atoms with E-state index in [9.17, 15) is 0 Å². The van der Waals surface area contributed by atoms with Crippen molar-refractivity contribution in [1.82, 2.24) is 0 Å².